The number of carbonyl (C=O) groups excluding carboxylic acids is 2. The van der Waals surface area contributed by atoms with Gasteiger partial charge in [0.1, 0.15) is 11.5 Å². The number of Topliss-reactive ketones (excluding diaryl/α,β-unsaturated/α-hetero) is 1. The standard InChI is InChI=1S/C24H29N3O4/c1-16(2)31-19-8-6-18(7-9-19)22(28)20-21(17-10-12-25-13-11-17)27(24(30)23(20)29)15-5-14-26(3)4/h6-13,16,21,28H,5,14-15H2,1-4H3/p+1/t21-/m1/s1. The molecule has 3 rings (SSSR count). The number of ketones is 1. The monoisotopic (exact) mass is 424 g/mol. The second kappa shape index (κ2) is 9.75. The number of pyridine rings is 1. The molecule has 2 N–H and O–H groups in total. The minimum atomic E-state index is -0.668. The van der Waals surface area contributed by atoms with Crippen LogP contribution >= 0.6 is 0 Å². The SMILES string of the molecule is CC(C)Oc1ccc(C(O)=C2C(=O)C(=O)N(CCC[NH+](C)C)[C@@H]2c2ccncc2)cc1. The lowest BCUT2D eigenvalue weighted by Gasteiger charge is -2.25. The van der Waals surface area contributed by atoms with Crippen molar-refractivity contribution in [3.05, 3.63) is 65.5 Å². The zero-order chi connectivity index (χ0) is 22.5. The molecule has 164 valence electrons. The number of hydrogen-bond donors (Lipinski definition) is 2. The Morgan fingerprint density at radius 3 is 2.35 bits per heavy atom. The second-order valence-electron chi connectivity index (χ2n) is 8.27. The second-order valence-corrected chi connectivity index (χ2v) is 8.27. The minimum Gasteiger partial charge on any atom is -0.507 e. The van der Waals surface area contributed by atoms with Crippen LogP contribution in [-0.2, 0) is 9.59 Å². The molecule has 1 aromatic heterocycles. The topological polar surface area (TPSA) is 84.2 Å². The predicted octanol–water partition coefficient (Wildman–Crippen LogP) is 1.83. The van der Waals surface area contributed by atoms with Gasteiger partial charge < -0.3 is 19.6 Å². The highest BCUT2D eigenvalue weighted by Crippen LogP contribution is 2.39. The van der Waals surface area contributed by atoms with Crippen molar-refractivity contribution < 1.29 is 24.3 Å². The molecule has 7 nitrogen and oxygen atoms in total. The smallest absolute Gasteiger partial charge is 0.295 e. The van der Waals surface area contributed by atoms with Crippen LogP contribution in [0.1, 0.15) is 37.4 Å². The largest absolute Gasteiger partial charge is 0.507 e. The van der Waals surface area contributed by atoms with E-state index in [0.29, 0.717) is 17.9 Å². The van der Waals surface area contributed by atoms with Crippen LogP contribution in [0, 0.1) is 0 Å². The van der Waals surface area contributed by atoms with E-state index >= 15 is 0 Å². The van der Waals surface area contributed by atoms with Crippen LogP contribution in [0.4, 0.5) is 0 Å². The predicted molar refractivity (Wildman–Crippen MR) is 118 cm³/mol. The van der Waals surface area contributed by atoms with Crippen molar-refractivity contribution in [2.24, 2.45) is 0 Å². The molecule has 1 atom stereocenters. The number of hydrogen-bond acceptors (Lipinski definition) is 5. The van der Waals surface area contributed by atoms with Crippen molar-refractivity contribution in [3.63, 3.8) is 0 Å². The molecular weight excluding hydrogens is 394 g/mol. The number of ether oxygens (including phenoxy) is 1. The van der Waals surface area contributed by atoms with E-state index in [2.05, 4.69) is 4.98 Å². The molecule has 1 amide bonds. The number of aromatic nitrogens is 1. The summed E-state index contributed by atoms with van der Waals surface area (Å²) in [5.74, 6) is -0.767. The van der Waals surface area contributed by atoms with Gasteiger partial charge in [-0.25, -0.2) is 0 Å². The summed E-state index contributed by atoms with van der Waals surface area (Å²) in [5, 5.41) is 11.1. The van der Waals surface area contributed by atoms with Gasteiger partial charge in [0.25, 0.3) is 11.7 Å². The molecule has 0 bridgehead atoms. The van der Waals surface area contributed by atoms with Crippen molar-refractivity contribution in [1.82, 2.24) is 9.88 Å². The molecule has 1 aliphatic heterocycles. The summed E-state index contributed by atoms with van der Waals surface area (Å²) in [6.45, 7) is 5.16. The van der Waals surface area contributed by atoms with Crippen LogP contribution in [0.5, 0.6) is 5.75 Å². The molecule has 0 spiro atoms. The number of quaternary nitrogens is 1. The number of likely N-dealkylation sites (tertiary alicyclic amines) is 1. The van der Waals surface area contributed by atoms with Gasteiger partial charge in [-0.15, -0.1) is 0 Å². The third kappa shape index (κ3) is 5.11. The van der Waals surface area contributed by atoms with Crippen LogP contribution in [0.3, 0.4) is 0 Å². The highest BCUT2D eigenvalue weighted by molar-refractivity contribution is 6.46. The Balaban J connectivity index is 2.01. The van der Waals surface area contributed by atoms with Gasteiger partial charge in [-0.2, -0.15) is 0 Å². The lowest BCUT2D eigenvalue weighted by molar-refractivity contribution is -0.858. The Kier molecular flexibility index (Phi) is 7.07. The molecule has 7 heteroatoms. The molecule has 1 aliphatic rings. The van der Waals surface area contributed by atoms with Crippen molar-refractivity contribution in [1.29, 1.82) is 0 Å². The maximum absolute atomic E-state index is 13.0. The molecule has 2 heterocycles. The van der Waals surface area contributed by atoms with Crippen LogP contribution < -0.4 is 9.64 Å². The van der Waals surface area contributed by atoms with Crippen molar-refractivity contribution in [2.45, 2.75) is 32.4 Å². The zero-order valence-corrected chi connectivity index (χ0v) is 18.5. The molecule has 31 heavy (non-hydrogen) atoms. The average Bonchev–Trinajstić information content (AvgIpc) is 2.99. The fraction of sp³-hybridized carbons (Fsp3) is 0.375. The lowest BCUT2D eigenvalue weighted by atomic mass is 9.96. The molecule has 0 unspecified atom stereocenters. The number of aliphatic hydroxyl groups is 1. The van der Waals surface area contributed by atoms with Crippen molar-refractivity contribution >= 4 is 17.4 Å². The van der Waals surface area contributed by atoms with Gasteiger partial charge >= 0.3 is 0 Å². The van der Waals surface area contributed by atoms with E-state index in [4.69, 9.17) is 4.74 Å². The van der Waals surface area contributed by atoms with E-state index in [-0.39, 0.29) is 17.4 Å². The normalized spacial score (nSPS) is 18.3. The van der Waals surface area contributed by atoms with Gasteiger partial charge in [-0.1, -0.05) is 0 Å². The van der Waals surface area contributed by atoms with Gasteiger partial charge in [0.05, 0.1) is 38.4 Å². The average molecular weight is 425 g/mol. The number of rotatable bonds is 8. The van der Waals surface area contributed by atoms with Crippen LogP contribution in [-0.4, -0.2) is 60.0 Å². The first-order chi connectivity index (χ1) is 14.8. The quantitative estimate of drug-likeness (QED) is 0.384. The number of carbonyl (C=O) groups is 2. The summed E-state index contributed by atoms with van der Waals surface area (Å²) in [4.78, 5) is 32.7. The number of nitrogens with zero attached hydrogens (tertiary/aromatic N) is 2. The van der Waals surface area contributed by atoms with Crippen LogP contribution in [0.2, 0.25) is 0 Å². The number of amides is 1. The van der Waals surface area contributed by atoms with E-state index in [1.165, 1.54) is 4.90 Å². The van der Waals surface area contributed by atoms with Gasteiger partial charge in [-0.05, 0) is 55.8 Å². The van der Waals surface area contributed by atoms with E-state index < -0.39 is 17.7 Å². The summed E-state index contributed by atoms with van der Waals surface area (Å²) in [5.41, 5.74) is 1.31. The summed E-state index contributed by atoms with van der Waals surface area (Å²) in [6.07, 6.45) is 4.02. The maximum atomic E-state index is 13.0. The number of benzene rings is 1. The Hall–Kier alpha value is -3.19. The van der Waals surface area contributed by atoms with Gasteiger partial charge in [0, 0.05) is 30.9 Å². The van der Waals surface area contributed by atoms with E-state index in [1.807, 2.05) is 27.9 Å². The first-order valence-electron chi connectivity index (χ1n) is 10.5. The number of nitrogens with one attached hydrogen (secondary N) is 1. The third-order valence-electron chi connectivity index (χ3n) is 5.14. The summed E-state index contributed by atoms with van der Waals surface area (Å²) in [7, 11) is 4.09. The molecule has 2 aromatic rings. The van der Waals surface area contributed by atoms with Crippen LogP contribution in [0.25, 0.3) is 5.76 Å². The minimum absolute atomic E-state index is 0.0282. The summed E-state index contributed by atoms with van der Waals surface area (Å²) >= 11 is 0. The van der Waals surface area contributed by atoms with E-state index in [1.54, 1.807) is 53.7 Å². The molecule has 1 aromatic carbocycles. The molecule has 0 radical (unpaired) electrons. The van der Waals surface area contributed by atoms with Gasteiger partial charge in [-0.3, -0.25) is 14.6 Å². The Morgan fingerprint density at radius 1 is 1.13 bits per heavy atom. The zero-order valence-electron chi connectivity index (χ0n) is 18.5. The first kappa shape index (κ1) is 22.5. The maximum Gasteiger partial charge on any atom is 0.295 e. The van der Waals surface area contributed by atoms with Gasteiger partial charge in [0.2, 0.25) is 0 Å². The fourth-order valence-electron chi connectivity index (χ4n) is 3.72. The Bertz CT molecular complexity index is 953. The third-order valence-corrected chi connectivity index (χ3v) is 5.14. The van der Waals surface area contributed by atoms with Gasteiger partial charge in [0.15, 0.2) is 0 Å². The molecule has 0 aliphatic carbocycles. The van der Waals surface area contributed by atoms with E-state index in [0.717, 1.165) is 18.5 Å². The molecular formula is C24H30N3O4+. The summed E-state index contributed by atoms with van der Waals surface area (Å²) < 4.78 is 5.65. The molecule has 0 saturated carbocycles. The molecule has 1 saturated heterocycles. The molecule has 1 fully saturated rings. The lowest BCUT2D eigenvalue weighted by Crippen LogP contribution is -3.05. The van der Waals surface area contributed by atoms with E-state index in [9.17, 15) is 14.7 Å². The Labute approximate surface area is 183 Å². The number of aliphatic hydroxyl groups excluding tert-OH is 1. The highest BCUT2D eigenvalue weighted by Gasteiger charge is 2.45. The van der Waals surface area contributed by atoms with Crippen molar-refractivity contribution in [3.8, 4) is 5.75 Å². The summed E-state index contributed by atoms with van der Waals surface area (Å²) in [6, 6.07) is 9.77. The van der Waals surface area contributed by atoms with Crippen LogP contribution in [0.15, 0.2) is 54.4 Å². The Morgan fingerprint density at radius 2 is 1.77 bits per heavy atom. The van der Waals surface area contributed by atoms with Crippen molar-refractivity contribution in [2.75, 3.05) is 27.2 Å². The first-order valence-corrected chi connectivity index (χ1v) is 10.5. The fourth-order valence-corrected chi connectivity index (χ4v) is 3.72. The highest BCUT2D eigenvalue weighted by atomic mass is 16.5.